The Morgan fingerprint density at radius 2 is 1.96 bits per heavy atom. The number of carbonyl (C=O) groups excluding carboxylic acids is 1. The van der Waals surface area contributed by atoms with Gasteiger partial charge < -0.3 is 14.7 Å². The van der Waals surface area contributed by atoms with Gasteiger partial charge in [0.25, 0.3) is 0 Å². The lowest BCUT2D eigenvalue weighted by molar-refractivity contribution is -0.145. The fourth-order valence-corrected chi connectivity index (χ4v) is 2.54. The highest BCUT2D eigenvalue weighted by molar-refractivity contribution is 6.30. The summed E-state index contributed by atoms with van der Waals surface area (Å²) in [4.78, 5) is 24.1. The van der Waals surface area contributed by atoms with Crippen molar-refractivity contribution < 1.29 is 32.6 Å². The quantitative estimate of drug-likeness (QED) is 0.819. The summed E-state index contributed by atoms with van der Waals surface area (Å²) in [5.74, 6) is -1.95. The van der Waals surface area contributed by atoms with Gasteiger partial charge in [-0.1, -0.05) is 23.7 Å². The van der Waals surface area contributed by atoms with Crippen LogP contribution in [0.1, 0.15) is 12.0 Å². The number of allylic oxidation sites excluding steroid dienone is 1. The normalized spacial score (nSPS) is 19.0. The van der Waals surface area contributed by atoms with Gasteiger partial charge in [0.2, 0.25) is 5.91 Å². The van der Waals surface area contributed by atoms with Crippen LogP contribution in [0.25, 0.3) is 5.57 Å². The summed E-state index contributed by atoms with van der Waals surface area (Å²) in [5, 5.41) is 9.04. The summed E-state index contributed by atoms with van der Waals surface area (Å²) >= 11 is 5.68. The van der Waals surface area contributed by atoms with Crippen molar-refractivity contribution in [3.05, 3.63) is 40.9 Å². The van der Waals surface area contributed by atoms with Crippen LogP contribution in [0.15, 0.2) is 30.3 Å². The van der Waals surface area contributed by atoms with Crippen molar-refractivity contribution in [2.75, 3.05) is 19.7 Å². The predicted molar refractivity (Wildman–Crippen MR) is 84.1 cm³/mol. The van der Waals surface area contributed by atoms with Crippen LogP contribution in [-0.4, -0.2) is 53.9 Å². The number of carboxylic acids is 1. The van der Waals surface area contributed by atoms with Gasteiger partial charge in [-0.15, -0.1) is 0 Å². The zero-order valence-corrected chi connectivity index (χ0v) is 13.7. The van der Waals surface area contributed by atoms with Gasteiger partial charge in [-0.2, -0.15) is 13.2 Å². The number of carboxylic acid groups (broad SMARTS) is 1. The van der Waals surface area contributed by atoms with Crippen LogP contribution >= 0.6 is 11.6 Å². The summed E-state index contributed by atoms with van der Waals surface area (Å²) in [6.07, 6.45) is -5.27. The Balaban J connectivity index is 2.22. The Kier molecular flexibility index (Phi) is 6.07. The minimum absolute atomic E-state index is 0.0693. The molecule has 0 radical (unpaired) electrons. The maximum absolute atomic E-state index is 13.3. The molecule has 2 rings (SSSR count). The Labute approximate surface area is 146 Å². The number of carbonyl (C=O) groups is 2. The molecule has 0 bridgehead atoms. The third kappa shape index (κ3) is 5.47. The molecule has 25 heavy (non-hydrogen) atoms. The van der Waals surface area contributed by atoms with Gasteiger partial charge in [0, 0.05) is 24.2 Å². The molecule has 5 nitrogen and oxygen atoms in total. The first-order valence-electron chi connectivity index (χ1n) is 7.34. The number of ether oxygens (including phenoxy) is 1. The molecule has 0 saturated carbocycles. The zero-order chi connectivity index (χ0) is 18.6. The largest absolute Gasteiger partial charge is 0.481 e. The number of halogens is 4. The fourth-order valence-electron chi connectivity index (χ4n) is 2.41. The van der Waals surface area contributed by atoms with E-state index in [1.54, 1.807) is 0 Å². The zero-order valence-electron chi connectivity index (χ0n) is 12.9. The second kappa shape index (κ2) is 7.88. The number of amides is 1. The lowest BCUT2D eigenvalue weighted by atomic mass is 10.0. The summed E-state index contributed by atoms with van der Waals surface area (Å²) in [5.41, 5.74) is -1.27. The van der Waals surface area contributed by atoms with Gasteiger partial charge in [-0.25, -0.2) is 0 Å². The average molecular weight is 378 g/mol. The van der Waals surface area contributed by atoms with Crippen molar-refractivity contribution in [1.82, 2.24) is 4.90 Å². The molecule has 1 aliphatic rings. The lowest BCUT2D eigenvalue weighted by Crippen LogP contribution is -2.45. The number of nitrogens with zero attached hydrogens (tertiary/aromatic N) is 1. The van der Waals surface area contributed by atoms with Gasteiger partial charge >= 0.3 is 12.1 Å². The molecule has 0 aliphatic carbocycles. The van der Waals surface area contributed by atoms with Crippen molar-refractivity contribution in [1.29, 1.82) is 0 Å². The molecule has 1 saturated heterocycles. The molecule has 1 N–H and O–H groups in total. The second-order valence-electron chi connectivity index (χ2n) is 5.44. The average Bonchev–Trinajstić information content (AvgIpc) is 2.52. The first-order chi connectivity index (χ1) is 11.7. The number of alkyl halides is 3. The predicted octanol–water partition coefficient (Wildman–Crippen LogP) is 2.99. The van der Waals surface area contributed by atoms with E-state index in [4.69, 9.17) is 21.4 Å². The van der Waals surface area contributed by atoms with Crippen molar-refractivity contribution in [3.8, 4) is 0 Å². The van der Waals surface area contributed by atoms with Gasteiger partial charge in [0.15, 0.2) is 0 Å². The number of morpholine rings is 1. The number of benzene rings is 1. The van der Waals surface area contributed by atoms with Crippen LogP contribution < -0.4 is 0 Å². The van der Waals surface area contributed by atoms with Crippen molar-refractivity contribution in [2.45, 2.75) is 18.7 Å². The third-order valence-electron chi connectivity index (χ3n) is 3.58. The Morgan fingerprint density at radius 3 is 2.52 bits per heavy atom. The summed E-state index contributed by atoms with van der Waals surface area (Å²) < 4.78 is 45.1. The van der Waals surface area contributed by atoms with Crippen molar-refractivity contribution in [3.63, 3.8) is 0 Å². The van der Waals surface area contributed by atoms with Crippen LogP contribution in [0.5, 0.6) is 0 Å². The van der Waals surface area contributed by atoms with Crippen LogP contribution in [-0.2, 0) is 14.3 Å². The van der Waals surface area contributed by atoms with E-state index in [1.165, 1.54) is 24.3 Å². The first kappa shape index (κ1) is 19.3. The molecular weight excluding hydrogens is 363 g/mol. The smallest absolute Gasteiger partial charge is 0.417 e. The Hall–Kier alpha value is -2.06. The number of hydrogen-bond donors (Lipinski definition) is 1. The lowest BCUT2D eigenvalue weighted by Gasteiger charge is -2.31. The number of rotatable bonds is 4. The highest BCUT2D eigenvalue weighted by Gasteiger charge is 2.36. The molecule has 1 heterocycles. The topological polar surface area (TPSA) is 66.8 Å². The van der Waals surface area contributed by atoms with Crippen LogP contribution in [0.4, 0.5) is 13.2 Å². The second-order valence-corrected chi connectivity index (χ2v) is 5.87. The van der Waals surface area contributed by atoms with Crippen LogP contribution in [0.3, 0.4) is 0 Å². The van der Waals surface area contributed by atoms with Crippen molar-refractivity contribution in [2.24, 2.45) is 0 Å². The van der Waals surface area contributed by atoms with E-state index in [1.807, 2.05) is 0 Å². The molecule has 1 aromatic carbocycles. The van der Waals surface area contributed by atoms with Gasteiger partial charge in [-0.3, -0.25) is 9.59 Å². The highest BCUT2D eigenvalue weighted by atomic mass is 35.5. The molecule has 0 aromatic heterocycles. The Bertz CT molecular complexity index is 673. The third-order valence-corrected chi connectivity index (χ3v) is 3.83. The minimum Gasteiger partial charge on any atom is -0.481 e. The SMILES string of the molecule is O=C(O)CC1CN(C(=O)C=C(c2ccc(Cl)cc2)C(F)(F)F)CCO1. The first-order valence-corrected chi connectivity index (χ1v) is 7.71. The van der Waals surface area contributed by atoms with Gasteiger partial charge in [0.1, 0.15) is 0 Å². The standard InChI is InChI=1S/C16H15ClF3NO4/c17-11-3-1-10(2-4-11)13(16(18,19)20)8-14(22)21-5-6-25-12(9-21)7-15(23)24/h1-4,8,12H,5-7,9H2,(H,23,24). The maximum Gasteiger partial charge on any atom is 0.417 e. The Morgan fingerprint density at radius 1 is 1.32 bits per heavy atom. The number of hydrogen-bond acceptors (Lipinski definition) is 3. The molecule has 9 heteroatoms. The number of aliphatic carboxylic acids is 1. The van der Waals surface area contributed by atoms with Crippen molar-refractivity contribution >= 4 is 29.1 Å². The molecular formula is C16H15ClF3NO4. The highest BCUT2D eigenvalue weighted by Crippen LogP contribution is 2.34. The summed E-state index contributed by atoms with van der Waals surface area (Å²) in [6.45, 7) is 0.0877. The molecule has 1 unspecified atom stereocenters. The summed E-state index contributed by atoms with van der Waals surface area (Å²) in [7, 11) is 0. The van der Waals surface area contributed by atoms with Crippen LogP contribution in [0, 0.1) is 0 Å². The molecule has 1 aromatic rings. The van der Waals surface area contributed by atoms with Gasteiger partial charge in [0.05, 0.1) is 24.7 Å². The van der Waals surface area contributed by atoms with E-state index in [9.17, 15) is 22.8 Å². The molecule has 0 spiro atoms. The molecule has 1 atom stereocenters. The van der Waals surface area contributed by atoms with Crippen LogP contribution in [0.2, 0.25) is 5.02 Å². The van der Waals surface area contributed by atoms with E-state index >= 15 is 0 Å². The fraction of sp³-hybridized carbons (Fsp3) is 0.375. The maximum atomic E-state index is 13.3. The van der Waals surface area contributed by atoms with E-state index in [2.05, 4.69) is 0 Å². The monoisotopic (exact) mass is 377 g/mol. The summed E-state index contributed by atoms with van der Waals surface area (Å²) in [6, 6.07) is 4.97. The molecule has 136 valence electrons. The minimum atomic E-state index is -4.73. The molecule has 1 amide bonds. The van der Waals surface area contributed by atoms with E-state index in [0.717, 1.165) is 4.90 Å². The molecule has 1 aliphatic heterocycles. The van der Waals surface area contributed by atoms with E-state index < -0.39 is 29.7 Å². The molecule has 1 fully saturated rings. The van der Waals surface area contributed by atoms with E-state index in [-0.39, 0.29) is 36.7 Å². The van der Waals surface area contributed by atoms with Gasteiger partial charge in [-0.05, 0) is 17.7 Å². The van der Waals surface area contributed by atoms with E-state index in [0.29, 0.717) is 6.08 Å².